The second-order valence-corrected chi connectivity index (χ2v) is 8.57. The van der Waals surface area contributed by atoms with E-state index in [1.54, 1.807) is 24.3 Å². The number of rotatable bonds is 3. The molecule has 0 aliphatic rings. The molecular formula is C16H12Br2N2O4S2. The summed E-state index contributed by atoms with van der Waals surface area (Å²) < 4.78 is 8.79. The van der Waals surface area contributed by atoms with Crippen LogP contribution >= 0.6 is 54.5 Å². The minimum Gasteiger partial charge on any atom is -0.477 e. The predicted molar refractivity (Wildman–Crippen MR) is 111 cm³/mol. The van der Waals surface area contributed by atoms with E-state index in [2.05, 4.69) is 41.8 Å². The van der Waals surface area contributed by atoms with E-state index in [0.717, 1.165) is 29.4 Å². The lowest BCUT2D eigenvalue weighted by Crippen LogP contribution is -2.04. The summed E-state index contributed by atoms with van der Waals surface area (Å²) in [6.07, 6.45) is 0. The Morgan fingerprint density at radius 1 is 1.04 bits per heavy atom. The molecule has 0 atom stereocenters. The molecule has 0 radical (unpaired) electrons. The van der Waals surface area contributed by atoms with Gasteiger partial charge in [-0.15, -0.1) is 22.7 Å². The van der Waals surface area contributed by atoms with Crippen LogP contribution in [0.25, 0.3) is 20.4 Å². The van der Waals surface area contributed by atoms with E-state index in [1.165, 1.54) is 11.3 Å². The first-order valence-corrected chi connectivity index (χ1v) is 10.7. The standard InChI is InChI=1S/C9H8BrNO2S.C7H4BrNO2S/c1-2-13-9(12)6-3-7-8(11-6)5(10)4-14-7;8-3-2-12-5-1-4(7(10)11)9-6(3)5/h3-4,11H,2H2,1H3;1-2,9H,(H,10,11). The third-order valence-electron chi connectivity index (χ3n) is 3.35. The van der Waals surface area contributed by atoms with Gasteiger partial charge in [-0.1, -0.05) is 0 Å². The number of nitrogens with one attached hydrogen (secondary N) is 2. The Labute approximate surface area is 172 Å². The lowest BCUT2D eigenvalue weighted by molar-refractivity contribution is 0.0520. The van der Waals surface area contributed by atoms with Crippen molar-refractivity contribution in [3.05, 3.63) is 43.2 Å². The van der Waals surface area contributed by atoms with Crippen LogP contribution in [-0.2, 0) is 4.74 Å². The number of aromatic amines is 2. The summed E-state index contributed by atoms with van der Waals surface area (Å²) in [5.74, 6) is -1.23. The first-order valence-electron chi connectivity index (χ1n) is 7.32. The fourth-order valence-corrected chi connectivity index (χ4v) is 5.27. The number of H-pyrrole nitrogens is 2. The molecule has 136 valence electrons. The van der Waals surface area contributed by atoms with Gasteiger partial charge in [0.2, 0.25) is 0 Å². The molecule has 0 saturated carbocycles. The molecule has 10 heteroatoms. The van der Waals surface area contributed by atoms with Gasteiger partial charge in [-0.05, 0) is 50.9 Å². The number of aromatic carboxylic acids is 1. The van der Waals surface area contributed by atoms with Gasteiger partial charge in [-0.2, -0.15) is 0 Å². The number of fused-ring (bicyclic) bond motifs is 2. The van der Waals surface area contributed by atoms with Crippen LogP contribution in [0.3, 0.4) is 0 Å². The van der Waals surface area contributed by atoms with Crippen LogP contribution in [-0.4, -0.2) is 33.6 Å². The van der Waals surface area contributed by atoms with Crippen LogP contribution in [0.4, 0.5) is 0 Å². The van der Waals surface area contributed by atoms with Gasteiger partial charge in [0.1, 0.15) is 11.4 Å². The summed E-state index contributed by atoms with van der Waals surface area (Å²) in [6, 6.07) is 3.44. The topological polar surface area (TPSA) is 95.2 Å². The minimum atomic E-state index is -0.926. The largest absolute Gasteiger partial charge is 0.477 e. The number of carbonyl (C=O) groups excluding carboxylic acids is 1. The Hall–Kier alpha value is -1.62. The van der Waals surface area contributed by atoms with Gasteiger partial charge in [-0.25, -0.2) is 9.59 Å². The molecule has 0 aliphatic carbocycles. The Morgan fingerprint density at radius 3 is 2.00 bits per heavy atom. The van der Waals surface area contributed by atoms with E-state index in [9.17, 15) is 9.59 Å². The van der Waals surface area contributed by atoms with Crippen molar-refractivity contribution in [2.75, 3.05) is 6.61 Å². The molecule has 26 heavy (non-hydrogen) atoms. The van der Waals surface area contributed by atoms with Crippen LogP contribution in [0, 0.1) is 0 Å². The maximum absolute atomic E-state index is 11.4. The fraction of sp³-hybridized carbons (Fsp3) is 0.125. The number of carbonyl (C=O) groups is 2. The van der Waals surface area contributed by atoms with Crippen LogP contribution < -0.4 is 0 Å². The quantitative estimate of drug-likeness (QED) is 0.295. The second-order valence-electron chi connectivity index (χ2n) is 5.04. The lowest BCUT2D eigenvalue weighted by atomic mass is 10.4. The molecule has 0 aromatic carbocycles. The summed E-state index contributed by atoms with van der Waals surface area (Å²) in [4.78, 5) is 27.7. The summed E-state index contributed by atoms with van der Waals surface area (Å²) in [5.41, 5.74) is 2.56. The number of hydrogen-bond acceptors (Lipinski definition) is 5. The van der Waals surface area contributed by atoms with Crippen molar-refractivity contribution in [3.8, 4) is 0 Å². The highest BCUT2D eigenvalue weighted by Gasteiger charge is 2.12. The average molecular weight is 520 g/mol. The van der Waals surface area contributed by atoms with Crippen LogP contribution in [0.15, 0.2) is 31.8 Å². The Morgan fingerprint density at radius 2 is 1.54 bits per heavy atom. The minimum absolute atomic E-state index is 0.234. The maximum atomic E-state index is 11.4. The number of thiophene rings is 2. The van der Waals surface area contributed by atoms with E-state index in [0.29, 0.717) is 12.3 Å². The third-order valence-corrected chi connectivity index (χ3v) is 7.06. The van der Waals surface area contributed by atoms with Crippen molar-refractivity contribution in [1.82, 2.24) is 9.97 Å². The number of carboxylic acid groups (broad SMARTS) is 1. The number of ether oxygens (including phenoxy) is 1. The van der Waals surface area contributed by atoms with Gasteiger partial charge in [0.05, 0.1) is 36.0 Å². The molecule has 4 heterocycles. The average Bonchev–Trinajstić information content (AvgIpc) is 3.33. The van der Waals surface area contributed by atoms with E-state index in [4.69, 9.17) is 9.84 Å². The van der Waals surface area contributed by atoms with Crippen molar-refractivity contribution in [3.63, 3.8) is 0 Å². The number of carboxylic acids is 1. The zero-order chi connectivity index (χ0) is 18.8. The monoisotopic (exact) mass is 518 g/mol. The van der Waals surface area contributed by atoms with Crippen molar-refractivity contribution in [1.29, 1.82) is 0 Å². The summed E-state index contributed by atoms with van der Waals surface area (Å²) >= 11 is 9.81. The summed E-state index contributed by atoms with van der Waals surface area (Å²) in [6.45, 7) is 2.19. The number of esters is 1. The van der Waals surface area contributed by atoms with Crippen LogP contribution in [0.2, 0.25) is 0 Å². The molecule has 0 fully saturated rings. The second kappa shape index (κ2) is 7.95. The van der Waals surface area contributed by atoms with E-state index >= 15 is 0 Å². The molecule has 3 N–H and O–H groups in total. The van der Waals surface area contributed by atoms with Gasteiger partial charge in [-0.3, -0.25) is 0 Å². The first-order chi connectivity index (χ1) is 12.4. The number of halogens is 2. The van der Waals surface area contributed by atoms with Crippen molar-refractivity contribution in [2.24, 2.45) is 0 Å². The highest BCUT2D eigenvalue weighted by atomic mass is 79.9. The van der Waals surface area contributed by atoms with Gasteiger partial charge in [0, 0.05) is 10.8 Å². The molecule has 4 rings (SSSR count). The number of aromatic nitrogens is 2. The molecule has 4 aromatic rings. The Bertz CT molecular complexity index is 1090. The van der Waals surface area contributed by atoms with Gasteiger partial charge >= 0.3 is 11.9 Å². The normalized spacial score (nSPS) is 10.7. The predicted octanol–water partition coefficient (Wildman–Crippen LogP) is 5.86. The first kappa shape index (κ1) is 19.2. The van der Waals surface area contributed by atoms with Crippen molar-refractivity contribution >= 4 is 86.9 Å². The highest BCUT2D eigenvalue weighted by molar-refractivity contribution is 9.11. The zero-order valence-corrected chi connectivity index (χ0v) is 18.1. The third kappa shape index (κ3) is 3.88. The van der Waals surface area contributed by atoms with Crippen molar-refractivity contribution < 1.29 is 19.4 Å². The molecule has 4 aromatic heterocycles. The van der Waals surface area contributed by atoms with E-state index < -0.39 is 5.97 Å². The molecule has 0 aliphatic heterocycles. The number of hydrogen-bond donors (Lipinski definition) is 3. The van der Waals surface area contributed by atoms with E-state index in [1.807, 2.05) is 16.8 Å². The molecule has 0 spiro atoms. The lowest BCUT2D eigenvalue weighted by Gasteiger charge is -1.96. The summed E-state index contributed by atoms with van der Waals surface area (Å²) in [5, 5.41) is 12.6. The maximum Gasteiger partial charge on any atom is 0.354 e. The molecular weight excluding hydrogens is 508 g/mol. The van der Waals surface area contributed by atoms with E-state index in [-0.39, 0.29) is 11.7 Å². The van der Waals surface area contributed by atoms with Gasteiger partial charge in [0.25, 0.3) is 0 Å². The molecule has 0 bridgehead atoms. The van der Waals surface area contributed by atoms with Crippen molar-refractivity contribution in [2.45, 2.75) is 6.92 Å². The fourth-order valence-electron chi connectivity index (χ4n) is 2.19. The Kier molecular flexibility index (Phi) is 5.86. The Balaban J connectivity index is 0.000000152. The molecule has 6 nitrogen and oxygen atoms in total. The molecule has 0 amide bonds. The SMILES string of the molecule is CCOC(=O)c1cc2scc(Br)c2[nH]1.O=C(O)c1cc2scc(Br)c2[nH]1. The summed E-state index contributed by atoms with van der Waals surface area (Å²) in [7, 11) is 0. The zero-order valence-electron chi connectivity index (χ0n) is 13.3. The van der Waals surface area contributed by atoms with Gasteiger partial charge < -0.3 is 19.8 Å². The smallest absolute Gasteiger partial charge is 0.354 e. The highest BCUT2D eigenvalue weighted by Crippen LogP contribution is 2.31. The molecule has 0 unspecified atom stereocenters. The van der Waals surface area contributed by atoms with Gasteiger partial charge in [0.15, 0.2) is 0 Å². The van der Waals surface area contributed by atoms with Crippen LogP contribution in [0.5, 0.6) is 0 Å². The van der Waals surface area contributed by atoms with Crippen LogP contribution in [0.1, 0.15) is 27.9 Å². The molecule has 0 saturated heterocycles.